The molecule has 1 saturated heterocycles. The zero-order chi connectivity index (χ0) is 18.3. The van der Waals surface area contributed by atoms with Crippen LogP contribution in [0.4, 0.5) is 10.1 Å². The van der Waals surface area contributed by atoms with E-state index in [1.807, 2.05) is 24.3 Å². The summed E-state index contributed by atoms with van der Waals surface area (Å²) in [5.74, 6) is -0.532. The molecule has 0 unspecified atom stereocenters. The van der Waals surface area contributed by atoms with E-state index in [0.29, 0.717) is 46.2 Å². The molecule has 1 amide bonds. The molecule has 0 atom stereocenters. The van der Waals surface area contributed by atoms with Crippen molar-refractivity contribution in [1.82, 2.24) is 4.90 Å². The second-order valence-electron chi connectivity index (χ2n) is 6.12. The molecular formula is C19H15Cl2FN2OS. The molecule has 7 heteroatoms. The molecular weight excluding hydrogens is 394 g/mol. The van der Waals surface area contributed by atoms with Gasteiger partial charge in [-0.25, -0.2) is 4.39 Å². The van der Waals surface area contributed by atoms with Crippen LogP contribution in [0.1, 0.15) is 9.67 Å². The van der Waals surface area contributed by atoms with Crippen molar-refractivity contribution in [3.8, 4) is 0 Å². The number of hydrogen-bond acceptors (Lipinski definition) is 3. The molecule has 3 aromatic rings. The molecule has 1 aromatic heterocycles. The fourth-order valence-electron chi connectivity index (χ4n) is 3.19. The van der Waals surface area contributed by atoms with Crippen LogP contribution in [0.25, 0.3) is 10.1 Å². The Kier molecular flexibility index (Phi) is 4.78. The summed E-state index contributed by atoms with van der Waals surface area (Å²) in [6.07, 6.45) is 0. The Hall–Kier alpha value is -1.82. The van der Waals surface area contributed by atoms with E-state index < -0.39 is 5.82 Å². The number of carbonyl (C=O) groups excluding carboxylic acids is 1. The Balaban J connectivity index is 1.52. The van der Waals surface area contributed by atoms with Gasteiger partial charge in [-0.15, -0.1) is 11.3 Å². The highest BCUT2D eigenvalue weighted by atomic mass is 35.5. The summed E-state index contributed by atoms with van der Waals surface area (Å²) in [4.78, 5) is 17.3. The quantitative estimate of drug-likeness (QED) is 0.573. The first-order valence-electron chi connectivity index (χ1n) is 8.21. The maximum absolute atomic E-state index is 14.0. The molecule has 0 spiro atoms. The Bertz CT molecular complexity index is 983. The first-order valence-corrected chi connectivity index (χ1v) is 9.78. The van der Waals surface area contributed by atoms with Crippen molar-refractivity contribution in [3.05, 3.63) is 63.2 Å². The van der Waals surface area contributed by atoms with Crippen LogP contribution in [-0.2, 0) is 0 Å². The Morgan fingerprint density at radius 2 is 1.77 bits per heavy atom. The van der Waals surface area contributed by atoms with Gasteiger partial charge in [0.25, 0.3) is 5.91 Å². The van der Waals surface area contributed by atoms with Gasteiger partial charge in [0, 0.05) is 47.0 Å². The van der Waals surface area contributed by atoms with Gasteiger partial charge in [0.2, 0.25) is 0 Å². The lowest BCUT2D eigenvalue weighted by molar-refractivity contribution is 0.0752. The van der Waals surface area contributed by atoms with Crippen LogP contribution < -0.4 is 4.90 Å². The maximum Gasteiger partial charge on any atom is 0.265 e. The van der Waals surface area contributed by atoms with Gasteiger partial charge >= 0.3 is 0 Å². The third-order valence-electron chi connectivity index (χ3n) is 4.54. The molecule has 0 aliphatic carbocycles. The third-order valence-corrected chi connectivity index (χ3v) is 6.41. The number of carbonyl (C=O) groups is 1. The van der Waals surface area contributed by atoms with Crippen molar-refractivity contribution in [2.75, 3.05) is 31.1 Å². The number of nitrogens with zero attached hydrogens (tertiary/aromatic N) is 2. The van der Waals surface area contributed by atoms with E-state index in [1.165, 1.54) is 17.4 Å². The van der Waals surface area contributed by atoms with E-state index >= 15 is 0 Å². The number of fused-ring (bicyclic) bond motifs is 1. The van der Waals surface area contributed by atoms with Gasteiger partial charge in [-0.2, -0.15) is 0 Å². The molecule has 134 valence electrons. The lowest BCUT2D eigenvalue weighted by atomic mass is 10.2. The molecule has 26 heavy (non-hydrogen) atoms. The highest BCUT2D eigenvalue weighted by Crippen LogP contribution is 2.37. The van der Waals surface area contributed by atoms with E-state index in [9.17, 15) is 9.18 Å². The second kappa shape index (κ2) is 7.06. The Morgan fingerprint density at radius 3 is 2.46 bits per heavy atom. The summed E-state index contributed by atoms with van der Waals surface area (Å²) in [5.41, 5.74) is 1.05. The number of halogens is 3. The fourth-order valence-corrected chi connectivity index (χ4v) is 4.90. The number of hydrogen-bond donors (Lipinski definition) is 0. The van der Waals surface area contributed by atoms with Gasteiger partial charge in [0.1, 0.15) is 10.7 Å². The van der Waals surface area contributed by atoms with E-state index in [-0.39, 0.29) is 10.9 Å². The van der Waals surface area contributed by atoms with E-state index in [4.69, 9.17) is 23.2 Å². The van der Waals surface area contributed by atoms with E-state index in [0.717, 1.165) is 5.69 Å². The van der Waals surface area contributed by atoms with Crippen LogP contribution in [0.15, 0.2) is 42.5 Å². The van der Waals surface area contributed by atoms with Crippen LogP contribution in [0, 0.1) is 5.82 Å². The number of rotatable bonds is 2. The molecule has 1 aliphatic heterocycles. The van der Waals surface area contributed by atoms with Crippen LogP contribution in [0.2, 0.25) is 10.0 Å². The van der Waals surface area contributed by atoms with Crippen molar-refractivity contribution in [2.45, 2.75) is 0 Å². The molecule has 3 nitrogen and oxygen atoms in total. The average Bonchev–Trinajstić information content (AvgIpc) is 2.99. The van der Waals surface area contributed by atoms with Gasteiger partial charge in [-0.1, -0.05) is 35.3 Å². The van der Waals surface area contributed by atoms with E-state index in [1.54, 1.807) is 17.0 Å². The monoisotopic (exact) mass is 408 g/mol. The van der Waals surface area contributed by atoms with Crippen molar-refractivity contribution < 1.29 is 9.18 Å². The lowest BCUT2D eigenvalue weighted by Gasteiger charge is -2.36. The standard InChI is InChI=1S/C19H15Cl2FN2OS/c20-12-3-1-4-13(11-12)23-7-9-24(10-8-23)19(25)18-17(21)16-14(22)5-2-6-15(16)26-18/h1-6,11H,7-10H2. The highest BCUT2D eigenvalue weighted by Gasteiger charge is 2.27. The van der Waals surface area contributed by atoms with Gasteiger partial charge in [-0.05, 0) is 30.3 Å². The van der Waals surface area contributed by atoms with Gasteiger partial charge in [0.15, 0.2) is 0 Å². The summed E-state index contributed by atoms with van der Waals surface area (Å²) in [5, 5.41) is 1.24. The minimum absolute atomic E-state index is 0.138. The van der Waals surface area contributed by atoms with Crippen LogP contribution >= 0.6 is 34.5 Å². The second-order valence-corrected chi connectivity index (χ2v) is 7.98. The molecule has 0 saturated carbocycles. The zero-order valence-corrected chi connectivity index (χ0v) is 16.0. The Morgan fingerprint density at radius 1 is 1.04 bits per heavy atom. The van der Waals surface area contributed by atoms with E-state index in [2.05, 4.69) is 4.90 Å². The van der Waals surface area contributed by atoms with Crippen molar-refractivity contribution in [2.24, 2.45) is 0 Å². The number of piperazine rings is 1. The van der Waals surface area contributed by atoms with Crippen LogP contribution in [0.3, 0.4) is 0 Å². The highest BCUT2D eigenvalue weighted by molar-refractivity contribution is 7.21. The van der Waals surface area contributed by atoms with Gasteiger partial charge in [0.05, 0.1) is 5.02 Å². The number of benzene rings is 2. The Labute approximate surface area is 164 Å². The predicted octanol–water partition coefficient (Wildman–Crippen LogP) is 5.31. The molecule has 4 rings (SSSR count). The summed E-state index contributed by atoms with van der Waals surface area (Å²) in [7, 11) is 0. The molecule has 2 aromatic carbocycles. The number of thiophene rings is 1. The normalized spacial score (nSPS) is 14.9. The van der Waals surface area contributed by atoms with Crippen molar-refractivity contribution >= 4 is 56.2 Å². The van der Waals surface area contributed by atoms with Gasteiger partial charge < -0.3 is 9.80 Å². The smallest absolute Gasteiger partial charge is 0.265 e. The molecule has 0 bridgehead atoms. The first kappa shape index (κ1) is 17.6. The topological polar surface area (TPSA) is 23.6 Å². The summed E-state index contributed by atoms with van der Waals surface area (Å²) < 4.78 is 14.7. The SMILES string of the molecule is O=C(c1sc2cccc(F)c2c1Cl)N1CCN(c2cccc(Cl)c2)CC1. The maximum atomic E-state index is 14.0. The first-order chi connectivity index (χ1) is 12.5. The summed E-state index contributed by atoms with van der Waals surface area (Å²) >= 11 is 13.6. The molecule has 0 radical (unpaired) electrons. The average molecular weight is 409 g/mol. The molecule has 0 N–H and O–H groups in total. The third kappa shape index (κ3) is 3.15. The minimum Gasteiger partial charge on any atom is -0.368 e. The van der Waals surface area contributed by atoms with Crippen LogP contribution in [-0.4, -0.2) is 37.0 Å². The largest absolute Gasteiger partial charge is 0.368 e. The predicted molar refractivity (Wildman–Crippen MR) is 106 cm³/mol. The minimum atomic E-state index is -0.395. The molecule has 1 aliphatic rings. The fraction of sp³-hybridized carbons (Fsp3) is 0.211. The van der Waals surface area contributed by atoms with Gasteiger partial charge in [-0.3, -0.25) is 4.79 Å². The molecule has 2 heterocycles. The summed E-state index contributed by atoms with van der Waals surface area (Å²) in [6, 6.07) is 12.5. The van der Waals surface area contributed by atoms with Crippen molar-refractivity contribution in [1.29, 1.82) is 0 Å². The number of anilines is 1. The van der Waals surface area contributed by atoms with Crippen molar-refractivity contribution in [3.63, 3.8) is 0 Å². The van der Waals surface area contributed by atoms with Crippen LogP contribution in [0.5, 0.6) is 0 Å². The summed E-state index contributed by atoms with van der Waals surface area (Å²) in [6.45, 7) is 2.59. The number of amides is 1. The molecule has 1 fully saturated rings. The zero-order valence-electron chi connectivity index (χ0n) is 13.7. The lowest BCUT2D eigenvalue weighted by Crippen LogP contribution is -2.48.